The summed E-state index contributed by atoms with van der Waals surface area (Å²) in [4.78, 5) is 9.76. The highest BCUT2D eigenvalue weighted by Gasteiger charge is 2.14. The first-order valence-corrected chi connectivity index (χ1v) is 10.3. The molecule has 1 aliphatic heterocycles. The number of rotatable bonds is 9. The lowest BCUT2D eigenvalue weighted by Crippen LogP contribution is -2.46. The number of piperazine rings is 1. The van der Waals surface area contributed by atoms with Gasteiger partial charge in [-0.1, -0.05) is 30.7 Å². The lowest BCUT2D eigenvalue weighted by molar-refractivity contribution is 0.136. The zero-order valence-electron chi connectivity index (χ0n) is 16.7. The number of benzene rings is 1. The molecule has 7 heteroatoms. The Kier molecular flexibility index (Phi) is 13.1. The summed E-state index contributed by atoms with van der Waals surface area (Å²) in [6.07, 6.45) is 2.39. The van der Waals surface area contributed by atoms with E-state index < -0.39 is 0 Å². The van der Waals surface area contributed by atoms with Gasteiger partial charge in [-0.2, -0.15) is 0 Å². The molecule has 1 fully saturated rings. The van der Waals surface area contributed by atoms with Crippen LogP contribution in [0.5, 0.6) is 0 Å². The van der Waals surface area contributed by atoms with Crippen LogP contribution in [0.15, 0.2) is 29.3 Å². The highest BCUT2D eigenvalue weighted by Crippen LogP contribution is 2.11. The number of guanidine groups is 1. The summed E-state index contributed by atoms with van der Waals surface area (Å²) >= 11 is 6.03. The smallest absolute Gasteiger partial charge is 0.191 e. The van der Waals surface area contributed by atoms with Crippen molar-refractivity contribution >= 4 is 41.5 Å². The molecule has 1 heterocycles. The maximum atomic E-state index is 6.03. The van der Waals surface area contributed by atoms with Crippen LogP contribution in [0.4, 0.5) is 0 Å². The van der Waals surface area contributed by atoms with Crippen molar-refractivity contribution in [2.45, 2.75) is 33.2 Å². The summed E-state index contributed by atoms with van der Waals surface area (Å²) in [6.45, 7) is 14.0. The van der Waals surface area contributed by atoms with Crippen LogP contribution in [-0.2, 0) is 6.54 Å². The molecule has 0 aliphatic carbocycles. The van der Waals surface area contributed by atoms with Crippen LogP contribution in [-0.4, -0.2) is 68.1 Å². The first kappa shape index (κ1) is 24.5. The van der Waals surface area contributed by atoms with Gasteiger partial charge in [0.05, 0.1) is 6.54 Å². The van der Waals surface area contributed by atoms with Crippen molar-refractivity contribution in [3.63, 3.8) is 0 Å². The first-order valence-electron chi connectivity index (χ1n) is 9.92. The van der Waals surface area contributed by atoms with Crippen molar-refractivity contribution < 1.29 is 0 Å². The summed E-state index contributed by atoms with van der Waals surface area (Å²) in [7, 11) is 0. The van der Waals surface area contributed by atoms with Crippen LogP contribution in [0.1, 0.15) is 32.3 Å². The van der Waals surface area contributed by atoms with E-state index in [1.807, 2.05) is 18.2 Å². The second-order valence-electron chi connectivity index (χ2n) is 6.73. The summed E-state index contributed by atoms with van der Waals surface area (Å²) in [5.41, 5.74) is 1.13. The monoisotopic (exact) mass is 507 g/mol. The van der Waals surface area contributed by atoms with E-state index >= 15 is 0 Å². The van der Waals surface area contributed by atoms with Crippen LogP contribution in [0.2, 0.25) is 5.02 Å². The van der Waals surface area contributed by atoms with Crippen LogP contribution in [0.3, 0.4) is 0 Å². The molecule has 0 radical (unpaired) electrons. The van der Waals surface area contributed by atoms with E-state index in [0.717, 1.165) is 36.1 Å². The van der Waals surface area contributed by atoms with Gasteiger partial charge in [0.1, 0.15) is 0 Å². The molecule has 2 rings (SSSR count). The number of nitrogens with one attached hydrogen (secondary N) is 2. The molecule has 1 saturated heterocycles. The number of aliphatic imine (C=N–C) groups is 1. The van der Waals surface area contributed by atoms with Crippen molar-refractivity contribution in [2.75, 3.05) is 52.4 Å². The Morgan fingerprint density at radius 3 is 2.48 bits per heavy atom. The molecular weight excluding hydrogens is 473 g/mol. The second kappa shape index (κ2) is 14.4. The number of hydrogen-bond donors (Lipinski definition) is 2. The van der Waals surface area contributed by atoms with Crippen molar-refractivity contribution in [1.82, 2.24) is 20.4 Å². The maximum absolute atomic E-state index is 6.03. The van der Waals surface area contributed by atoms with Gasteiger partial charge in [-0.25, -0.2) is 4.99 Å². The quantitative estimate of drug-likeness (QED) is 0.233. The van der Waals surface area contributed by atoms with Gasteiger partial charge in [-0.3, -0.25) is 0 Å². The van der Waals surface area contributed by atoms with Gasteiger partial charge >= 0.3 is 0 Å². The van der Waals surface area contributed by atoms with Gasteiger partial charge in [0.25, 0.3) is 0 Å². The van der Waals surface area contributed by atoms with Crippen molar-refractivity contribution in [1.29, 1.82) is 0 Å². The molecule has 0 aromatic heterocycles. The Bertz CT molecular complexity index is 547. The normalized spacial score (nSPS) is 16.0. The van der Waals surface area contributed by atoms with Gasteiger partial charge < -0.3 is 20.4 Å². The Balaban J connectivity index is 0.00000364. The highest BCUT2D eigenvalue weighted by molar-refractivity contribution is 14.0. The third-order valence-corrected chi connectivity index (χ3v) is 4.99. The van der Waals surface area contributed by atoms with Gasteiger partial charge in [0.2, 0.25) is 0 Å². The fourth-order valence-electron chi connectivity index (χ4n) is 3.14. The van der Waals surface area contributed by atoms with Gasteiger partial charge in [0, 0.05) is 44.3 Å². The molecule has 0 saturated carbocycles. The summed E-state index contributed by atoms with van der Waals surface area (Å²) in [5.74, 6) is 0.879. The zero-order chi connectivity index (χ0) is 18.6. The molecule has 1 aliphatic rings. The van der Waals surface area contributed by atoms with E-state index in [4.69, 9.17) is 11.6 Å². The molecule has 0 bridgehead atoms. The van der Waals surface area contributed by atoms with E-state index in [-0.39, 0.29) is 24.0 Å². The molecule has 1 aromatic rings. The fraction of sp³-hybridized carbons (Fsp3) is 0.650. The molecule has 5 nitrogen and oxygen atoms in total. The predicted molar refractivity (Wildman–Crippen MR) is 127 cm³/mol. The van der Waals surface area contributed by atoms with E-state index in [1.54, 1.807) is 0 Å². The third kappa shape index (κ3) is 9.96. The Morgan fingerprint density at radius 1 is 1.07 bits per heavy atom. The topological polar surface area (TPSA) is 42.9 Å². The van der Waals surface area contributed by atoms with Crippen molar-refractivity contribution in [3.05, 3.63) is 34.9 Å². The Labute approximate surface area is 186 Å². The lowest BCUT2D eigenvalue weighted by atomic mass is 10.2. The van der Waals surface area contributed by atoms with Crippen LogP contribution >= 0.6 is 35.6 Å². The molecule has 0 unspecified atom stereocenters. The highest BCUT2D eigenvalue weighted by atomic mass is 127. The summed E-state index contributed by atoms with van der Waals surface area (Å²) in [5, 5.41) is 7.51. The van der Waals surface area contributed by atoms with E-state index in [9.17, 15) is 0 Å². The van der Waals surface area contributed by atoms with Crippen molar-refractivity contribution in [2.24, 2.45) is 4.99 Å². The minimum atomic E-state index is 0. The largest absolute Gasteiger partial charge is 0.357 e. The average Bonchev–Trinajstić information content (AvgIpc) is 2.66. The summed E-state index contributed by atoms with van der Waals surface area (Å²) < 4.78 is 0. The molecule has 0 atom stereocenters. The van der Waals surface area contributed by atoms with Crippen LogP contribution in [0, 0.1) is 0 Å². The van der Waals surface area contributed by atoms with Gasteiger partial charge in [-0.15, -0.1) is 24.0 Å². The zero-order valence-corrected chi connectivity index (χ0v) is 19.8. The predicted octanol–water partition coefficient (Wildman–Crippen LogP) is 3.43. The number of unbranched alkanes of at least 4 members (excludes halogenated alkanes) is 1. The fourth-order valence-corrected chi connectivity index (χ4v) is 3.36. The molecule has 27 heavy (non-hydrogen) atoms. The molecule has 0 amide bonds. The van der Waals surface area contributed by atoms with E-state index in [0.29, 0.717) is 6.54 Å². The average molecular weight is 508 g/mol. The molecule has 2 N–H and O–H groups in total. The van der Waals surface area contributed by atoms with E-state index in [1.165, 1.54) is 45.7 Å². The van der Waals surface area contributed by atoms with Crippen LogP contribution < -0.4 is 10.6 Å². The van der Waals surface area contributed by atoms with Gasteiger partial charge in [0.15, 0.2) is 5.96 Å². The van der Waals surface area contributed by atoms with Crippen LogP contribution in [0.25, 0.3) is 0 Å². The number of nitrogens with zero attached hydrogens (tertiary/aromatic N) is 3. The second-order valence-corrected chi connectivity index (χ2v) is 7.17. The number of likely N-dealkylation sites (N-methyl/N-ethyl adjacent to an activating group) is 1. The summed E-state index contributed by atoms with van der Waals surface area (Å²) in [6, 6.07) is 7.87. The molecule has 0 spiro atoms. The molecule has 154 valence electrons. The third-order valence-electron chi connectivity index (χ3n) is 4.76. The lowest BCUT2D eigenvalue weighted by Gasteiger charge is -2.34. The number of halogens is 2. The first-order chi connectivity index (χ1) is 12.7. The SMILES string of the molecule is CCNC(=NCc1cccc(Cl)c1)NCCCCN1CCN(CC)CC1.I. The number of hydrogen-bond acceptors (Lipinski definition) is 3. The minimum Gasteiger partial charge on any atom is -0.357 e. The van der Waals surface area contributed by atoms with Gasteiger partial charge in [-0.05, 0) is 50.6 Å². The molecular formula is C20H35ClIN5. The standard InChI is InChI=1S/C20H34ClN5.HI/c1-3-22-20(24-17-18-8-7-9-19(21)16-18)23-10-5-6-11-26-14-12-25(4-2)13-15-26;/h7-9,16H,3-6,10-15,17H2,1-2H3,(H2,22,23,24);1H. The Hall–Kier alpha value is -0.570. The van der Waals surface area contributed by atoms with Crippen molar-refractivity contribution in [3.8, 4) is 0 Å². The van der Waals surface area contributed by atoms with E-state index in [2.05, 4.69) is 45.3 Å². The maximum Gasteiger partial charge on any atom is 0.191 e. The Morgan fingerprint density at radius 2 is 1.81 bits per heavy atom. The minimum absolute atomic E-state index is 0. The molecule has 1 aromatic carbocycles.